The van der Waals surface area contributed by atoms with E-state index in [9.17, 15) is 9.90 Å². The van der Waals surface area contributed by atoms with Crippen LogP contribution in [0.1, 0.15) is 23.1 Å². The van der Waals surface area contributed by atoms with Crippen LogP contribution in [0.15, 0.2) is 54.6 Å². The zero-order valence-corrected chi connectivity index (χ0v) is 11.5. The van der Waals surface area contributed by atoms with Crippen molar-refractivity contribution in [3.63, 3.8) is 0 Å². The number of benzene rings is 2. The van der Waals surface area contributed by atoms with E-state index in [0.717, 1.165) is 16.9 Å². The van der Waals surface area contributed by atoms with E-state index in [1.54, 1.807) is 0 Å². The number of para-hydroxylation sites is 1. The molecule has 2 aromatic carbocycles. The third-order valence-corrected chi connectivity index (χ3v) is 3.75. The standard InChI is InChI=1S/C17H17NO3/c19-17(20)16(12-6-2-1-3-7-12)18-10-13-11-21-15-9-5-4-8-14(13)15/h1-9,13,16,18H,10-11H2,(H,19,20). The summed E-state index contributed by atoms with van der Waals surface area (Å²) in [6.45, 7) is 1.16. The number of carbonyl (C=O) groups is 1. The molecule has 4 nitrogen and oxygen atoms in total. The van der Waals surface area contributed by atoms with Crippen LogP contribution in [0.3, 0.4) is 0 Å². The average Bonchev–Trinajstić information content (AvgIpc) is 2.92. The van der Waals surface area contributed by atoms with E-state index >= 15 is 0 Å². The van der Waals surface area contributed by atoms with Gasteiger partial charge >= 0.3 is 5.97 Å². The highest BCUT2D eigenvalue weighted by Crippen LogP contribution is 2.33. The van der Waals surface area contributed by atoms with Gasteiger partial charge in [0.2, 0.25) is 0 Å². The maximum Gasteiger partial charge on any atom is 0.325 e. The first-order valence-corrected chi connectivity index (χ1v) is 6.98. The Labute approximate surface area is 123 Å². The Kier molecular flexibility index (Phi) is 3.88. The number of carboxylic acid groups (broad SMARTS) is 1. The lowest BCUT2D eigenvalue weighted by molar-refractivity contribution is -0.139. The zero-order valence-electron chi connectivity index (χ0n) is 11.5. The molecule has 2 atom stereocenters. The smallest absolute Gasteiger partial charge is 0.325 e. The van der Waals surface area contributed by atoms with Crippen molar-refractivity contribution in [2.24, 2.45) is 0 Å². The van der Waals surface area contributed by atoms with E-state index in [2.05, 4.69) is 5.32 Å². The van der Waals surface area contributed by atoms with Crippen molar-refractivity contribution in [2.45, 2.75) is 12.0 Å². The van der Waals surface area contributed by atoms with Crippen molar-refractivity contribution in [1.29, 1.82) is 0 Å². The lowest BCUT2D eigenvalue weighted by Crippen LogP contribution is -2.32. The number of rotatable bonds is 5. The number of fused-ring (bicyclic) bond motifs is 1. The van der Waals surface area contributed by atoms with Crippen LogP contribution in [0.5, 0.6) is 5.75 Å². The molecule has 4 heteroatoms. The molecule has 21 heavy (non-hydrogen) atoms. The number of hydrogen-bond donors (Lipinski definition) is 2. The number of carboxylic acids is 1. The fourth-order valence-electron chi connectivity index (χ4n) is 2.65. The molecule has 0 bridgehead atoms. The summed E-state index contributed by atoms with van der Waals surface area (Å²) in [5.74, 6) is 0.219. The highest BCUT2D eigenvalue weighted by atomic mass is 16.5. The molecule has 0 fully saturated rings. The second kappa shape index (κ2) is 5.97. The minimum Gasteiger partial charge on any atom is -0.493 e. The highest BCUT2D eigenvalue weighted by Gasteiger charge is 2.26. The van der Waals surface area contributed by atoms with Gasteiger partial charge in [0.15, 0.2) is 0 Å². The van der Waals surface area contributed by atoms with Crippen LogP contribution < -0.4 is 10.1 Å². The summed E-state index contributed by atoms with van der Waals surface area (Å²) in [5.41, 5.74) is 1.90. The van der Waals surface area contributed by atoms with Gasteiger partial charge in [-0.05, 0) is 11.6 Å². The molecule has 108 valence electrons. The zero-order chi connectivity index (χ0) is 14.7. The van der Waals surface area contributed by atoms with E-state index in [1.807, 2.05) is 54.6 Å². The lowest BCUT2D eigenvalue weighted by Gasteiger charge is -2.17. The third-order valence-electron chi connectivity index (χ3n) is 3.75. The fourth-order valence-corrected chi connectivity index (χ4v) is 2.65. The van der Waals surface area contributed by atoms with Crippen molar-refractivity contribution < 1.29 is 14.6 Å². The Bertz CT molecular complexity index is 627. The normalized spacial score (nSPS) is 17.8. The molecular weight excluding hydrogens is 266 g/mol. The molecule has 0 aliphatic carbocycles. The number of nitrogens with one attached hydrogen (secondary N) is 1. The highest BCUT2D eigenvalue weighted by molar-refractivity contribution is 5.75. The van der Waals surface area contributed by atoms with E-state index in [-0.39, 0.29) is 5.92 Å². The van der Waals surface area contributed by atoms with Crippen LogP contribution in [-0.4, -0.2) is 24.2 Å². The van der Waals surface area contributed by atoms with E-state index in [1.165, 1.54) is 0 Å². The molecule has 0 amide bonds. The van der Waals surface area contributed by atoms with Gasteiger partial charge < -0.3 is 9.84 Å². The molecule has 0 saturated heterocycles. The van der Waals surface area contributed by atoms with E-state index in [4.69, 9.17) is 4.74 Å². The second-order valence-electron chi connectivity index (χ2n) is 5.14. The average molecular weight is 283 g/mol. The quantitative estimate of drug-likeness (QED) is 0.885. The molecule has 3 rings (SSSR count). The molecule has 0 radical (unpaired) electrons. The van der Waals surface area contributed by atoms with Crippen LogP contribution in [0, 0.1) is 0 Å². The van der Waals surface area contributed by atoms with Gasteiger partial charge in [-0.1, -0.05) is 48.5 Å². The van der Waals surface area contributed by atoms with E-state index in [0.29, 0.717) is 13.2 Å². The fraction of sp³-hybridized carbons (Fsp3) is 0.235. The predicted molar refractivity (Wildman–Crippen MR) is 79.5 cm³/mol. The first kappa shape index (κ1) is 13.6. The third kappa shape index (κ3) is 2.90. The molecule has 2 aromatic rings. The molecular formula is C17H17NO3. The summed E-state index contributed by atoms with van der Waals surface area (Å²) in [6.07, 6.45) is 0. The van der Waals surface area contributed by atoms with Gasteiger partial charge in [0.25, 0.3) is 0 Å². The van der Waals surface area contributed by atoms with Crippen LogP contribution in [0.4, 0.5) is 0 Å². The number of hydrogen-bond acceptors (Lipinski definition) is 3. The summed E-state index contributed by atoms with van der Waals surface area (Å²) in [6, 6.07) is 16.4. The Morgan fingerprint density at radius 2 is 1.90 bits per heavy atom. The van der Waals surface area contributed by atoms with Gasteiger partial charge in [0, 0.05) is 18.0 Å². The molecule has 0 saturated carbocycles. The Morgan fingerprint density at radius 3 is 2.67 bits per heavy atom. The largest absolute Gasteiger partial charge is 0.493 e. The van der Waals surface area contributed by atoms with Gasteiger partial charge in [0.05, 0.1) is 6.61 Å². The van der Waals surface area contributed by atoms with Crippen LogP contribution in [0.2, 0.25) is 0 Å². The van der Waals surface area contributed by atoms with Crippen molar-refractivity contribution in [2.75, 3.05) is 13.2 Å². The molecule has 0 spiro atoms. The molecule has 2 N–H and O–H groups in total. The molecule has 1 aliphatic rings. The summed E-state index contributed by atoms with van der Waals surface area (Å²) in [4.78, 5) is 11.5. The molecule has 2 unspecified atom stereocenters. The first-order valence-electron chi connectivity index (χ1n) is 6.98. The topological polar surface area (TPSA) is 58.6 Å². The summed E-state index contributed by atoms with van der Waals surface area (Å²) < 4.78 is 5.62. The van der Waals surface area contributed by atoms with Gasteiger partial charge in [0.1, 0.15) is 11.8 Å². The van der Waals surface area contributed by atoms with Crippen molar-refractivity contribution >= 4 is 5.97 Å². The minimum absolute atomic E-state index is 0.187. The van der Waals surface area contributed by atoms with Crippen LogP contribution in [-0.2, 0) is 4.79 Å². The number of ether oxygens (including phenoxy) is 1. The second-order valence-corrected chi connectivity index (χ2v) is 5.14. The Hall–Kier alpha value is -2.33. The van der Waals surface area contributed by atoms with Crippen LogP contribution in [0.25, 0.3) is 0 Å². The lowest BCUT2D eigenvalue weighted by atomic mass is 10.00. The monoisotopic (exact) mass is 283 g/mol. The van der Waals surface area contributed by atoms with E-state index < -0.39 is 12.0 Å². The van der Waals surface area contributed by atoms with Gasteiger partial charge in [-0.25, -0.2) is 0 Å². The van der Waals surface area contributed by atoms with Gasteiger partial charge in [-0.2, -0.15) is 0 Å². The minimum atomic E-state index is -0.867. The molecule has 1 aliphatic heterocycles. The maximum absolute atomic E-state index is 11.5. The molecule has 0 aromatic heterocycles. The number of aliphatic carboxylic acids is 1. The predicted octanol–water partition coefficient (Wildman–Crippen LogP) is 2.58. The molecule has 1 heterocycles. The summed E-state index contributed by atoms with van der Waals surface area (Å²) in [7, 11) is 0. The van der Waals surface area contributed by atoms with Crippen LogP contribution >= 0.6 is 0 Å². The Balaban J connectivity index is 1.70. The van der Waals surface area contributed by atoms with Crippen molar-refractivity contribution in [1.82, 2.24) is 5.32 Å². The first-order chi connectivity index (χ1) is 10.3. The Morgan fingerprint density at radius 1 is 1.19 bits per heavy atom. The SMILES string of the molecule is O=C(O)C(NCC1COc2ccccc21)c1ccccc1. The van der Waals surface area contributed by atoms with Crippen molar-refractivity contribution in [3.8, 4) is 5.75 Å². The van der Waals surface area contributed by atoms with Gasteiger partial charge in [-0.3, -0.25) is 10.1 Å². The van der Waals surface area contributed by atoms with Gasteiger partial charge in [-0.15, -0.1) is 0 Å². The maximum atomic E-state index is 11.5. The van der Waals surface area contributed by atoms with Crippen molar-refractivity contribution in [3.05, 3.63) is 65.7 Å². The summed E-state index contributed by atoms with van der Waals surface area (Å²) >= 11 is 0. The summed E-state index contributed by atoms with van der Waals surface area (Å²) in [5, 5.41) is 12.5.